The molecule has 2 atom stereocenters. The lowest BCUT2D eigenvalue weighted by atomic mass is 10.0. The maximum atomic E-state index is 5.70. The summed E-state index contributed by atoms with van der Waals surface area (Å²) in [5, 5.41) is 4.32. The molecule has 3 aromatic rings. The van der Waals surface area contributed by atoms with Gasteiger partial charge in [0.15, 0.2) is 5.11 Å². The molecule has 0 aliphatic carbocycles. The van der Waals surface area contributed by atoms with Gasteiger partial charge in [0, 0.05) is 29.8 Å². The summed E-state index contributed by atoms with van der Waals surface area (Å²) in [5.74, 6) is 0. The van der Waals surface area contributed by atoms with Crippen molar-refractivity contribution in [2.45, 2.75) is 32.4 Å². The number of nitrogens with zero attached hydrogens (tertiary/aromatic N) is 3. The molecule has 1 N–H and O–H groups in total. The van der Waals surface area contributed by atoms with Crippen LogP contribution in [0.3, 0.4) is 0 Å². The van der Waals surface area contributed by atoms with E-state index in [0.717, 1.165) is 23.8 Å². The molecule has 138 valence electrons. The molecule has 1 saturated heterocycles. The average Bonchev–Trinajstić information content (AvgIpc) is 3.23. The Balaban J connectivity index is 1.85. The zero-order chi connectivity index (χ0) is 18.8. The van der Waals surface area contributed by atoms with Crippen LogP contribution in [-0.4, -0.2) is 26.1 Å². The molecule has 27 heavy (non-hydrogen) atoms. The molecule has 3 heterocycles. The second-order valence-corrected chi connectivity index (χ2v) is 7.28. The average molecular weight is 377 g/mol. The van der Waals surface area contributed by atoms with Crippen LogP contribution in [0.25, 0.3) is 5.69 Å². The van der Waals surface area contributed by atoms with Gasteiger partial charge in [-0.2, -0.15) is 0 Å². The Morgan fingerprint density at radius 2 is 1.81 bits per heavy atom. The van der Waals surface area contributed by atoms with Gasteiger partial charge in [-0.05, 0) is 62.0 Å². The SMILES string of the molecule is CCCN1C(=S)N[C@@H](c2ccccn2)[C@@H]1c1ccc(C)n1-c1ccccc1. The van der Waals surface area contributed by atoms with E-state index in [1.807, 2.05) is 24.4 Å². The smallest absolute Gasteiger partial charge is 0.170 e. The molecule has 0 unspecified atom stereocenters. The quantitative estimate of drug-likeness (QED) is 0.662. The number of aromatic nitrogens is 2. The number of hydrogen-bond acceptors (Lipinski definition) is 2. The van der Waals surface area contributed by atoms with Crippen LogP contribution >= 0.6 is 12.2 Å². The zero-order valence-corrected chi connectivity index (χ0v) is 16.5. The van der Waals surface area contributed by atoms with E-state index in [4.69, 9.17) is 12.2 Å². The molecule has 4 nitrogen and oxygen atoms in total. The van der Waals surface area contributed by atoms with Crippen LogP contribution in [-0.2, 0) is 0 Å². The predicted molar refractivity (Wildman–Crippen MR) is 113 cm³/mol. The van der Waals surface area contributed by atoms with E-state index in [9.17, 15) is 0 Å². The summed E-state index contributed by atoms with van der Waals surface area (Å²) >= 11 is 5.70. The van der Waals surface area contributed by atoms with E-state index in [-0.39, 0.29) is 12.1 Å². The summed E-state index contributed by atoms with van der Waals surface area (Å²) in [6, 6.07) is 21.1. The highest BCUT2D eigenvalue weighted by atomic mass is 32.1. The Morgan fingerprint density at radius 3 is 2.52 bits per heavy atom. The van der Waals surface area contributed by atoms with Gasteiger partial charge in [-0.15, -0.1) is 0 Å². The maximum absolute atomic E-state index is 5.70. The summed E-state index contributed by atoms with van der Waals surface area (Å²) in [4.78, 5) is 6.93. The highest BCUT2D eigenvalue weighted by Crippen LogP contribution is 2.40. The molecular weight excluding hydrogens is 352 g/mol. The van der Waals surface area contributed by atoms with E-state index in [1.54, 1.807) is 0 Å². The summed E-state index contributed by atoms with van der Waals surface area (Å²) in [5.41, 5.74) is 4.63. The highest BCUT2D eigenvalue weighted by molar-refractivity contribution is 7.80. The second kappa shape index (κ2) is 7.53. The summed E-state index contributed by atoms with van der Waals surface area (Å²) < 4.78 is 2.33. The van der Waals surface area contributed by atoms with Gasteiger partial charge in [0.05, 0.1) is 17.8 Å². The first-order chi connectivity index (χ1) is 13.2. The molecule has 1 aliphatic heterocycles. The van der Waals surface area contributed by atoms with Crippen molar-refractivity contribution in [3.63, 3.8) is 0 Å². The van der Waals surface area contributed by atoms with Crippen molar-refractivity contribution in [1.29, 1.82) is 0 Å². The van der Waals surface area contributed by atoms with Gasteiger partial charge in [-0.3, -0.25) is 4.98 Å². The van der Waals surface area contributed by atoms with Crippen LogP contribution in [0.5, 0.6) is 0 Å². The van der Waals surface area contributed by atoms with Crippen LogP contribution in [0.1, 0.15) is 42.5 Å². The van der Waals surface area contributed by atoms with Gasteiger partial charge >= 0.3 is 0 Å². The molecule has 1 fully saturated rings. The number of pyridine rings is 1. The molecular formula is C22H24N4S. The molecule has 0 spiro atoms. The van der Waals surface area contributed by atoms with E-state index < -0.39 is 0 Å². The number of para-hydroxylation sites is 1. The molecule has 0 saturated carbocycles. The number of thiocarbonyl (C=S) groups is 1. The number of benzene rings is 1. The van der Waals surface area contributed by atoms with Crippen LogP contribution in [0.15, 0.2) is 66.9 Å². The zero-order valence-electron chi connectivity index (χ0n) is 15.7. The lowest BCUT2D eigenvalue weighted by Gasteiger charge is -2.29. The monoisotopic (exact) mass is 376 g/mol. The predicted octanol–water partition coefficient (Wildman–Crippen LogP) is 4.56. The number of aryl methyl sites for hydroxylation is 1. The third-order valence-electron chi connectivity index (χ3n) is 5.09. The van der Waals surface area contributed by atoms with E-state index in [2.05, 4.69) is 76.1 Å². The molecule has 5 heteroatoms. The molecule has 0 bridgehead atoms. The molecule has 1 aliphatic rings. The molecule has 2 aromatic heterocycles. The Hall–Kier alpha value is -2.66. The fourth-order valence-corrected chi connectivity index (χ4v) is 4.26. The molecule has 0 radical (unpaired) electrons. The number of hydrogen-bond donors (Lipinski definition) is 1. The Kier molecular flexibility index (Phi) is 4.94. The highest BCUT2D eigenvalue weighted by Gasteiger charge is 2.41. The third kappa shape index (κ3) is 3.23. The minimum atomic E-state index is 0.0296. The number of nitrogens with one attached hydrogen (secondary N) is 1. The molecule has 0 amide bonds. The maximum Gasteiger partial charge on any atom is 0.170 e. The Morgan fingerprint density at radius 1 is 1.04 bits per heavy atom. The standard InChI is InChI=1S/C22H24N4S/c1-3-15-25-21(20(24-22(25)27)18-11-7-8-14-23-18)19-13-12-16(2)26(19)17-9-5-4-6-10-17/h4-14,20-21H,3,15H2,1-2H3,(H,24,27)/t20-,21-/m0/s1. The van der Waals surface area contributed by atoms with Crippen LogP contribution in [0, 0.1) is 6.92 Å². The fraction of sp³-hybridized carbons (Fsp3) is 0.273. The molecule has 1 aromatic carbocycles. The normalized spacial score (nSPS) is 19.3. The minimum absolute atomic E-state index is 0.0296. The topological polar surface area (TPSA) is 33.1 Å². The van der Waals surface area contributed by atoms with Crippen LogP contribution < -0.4 is 5.32 Å². The van der Waals surface area contributed by atoms with Crippen LogP contribution in [0.2, 0.25) is 0 Å². The number of rotatable bonds is 5. The van der Waals surface area contributed by atoms with Crippen molar-refractivity contribution in [3.05, 3.63) is 83.9 Å². The van der Waals surface area contributed by atoms with Crippen molar-refractivity contribution in [1.82, 2.24) is 19.8 Å². The van der Waals surface area contributed by atoms with Crippen molar-refractivity contribution in [3.8, 4) is 5.69 Å². The van der Waals surface area contributed by atoms with Crippen molar-refractivity contribution in [2.24, 2.45) is 0 Å². The first kappa shape index (κ1) is 17.7. The van der Waals surface area contributed by atoms with Gasteiger partial charge in [0.1, 0.15) is 0 Å². The Labute approximate surface area is 165 Å². The van der Waals surface area contributed by atoms with Crippen molar-refractivity contribution < 1.29 is 0 Å². The van der Waals surface area contributed by atoms with Gasteiger partial charge in [-0.25, -0.2) is 0 Å². The van der Waals surface area contributed by atoms with Gasteiger partial charge < -0.3 is 14.8 Å². The summed E-state index contributed by atoms with van der Waals surface area (Å²) in [6.07, 6.45) is 2.89. The van der Waals surface area contributed by atoms with Gasteiger partial charge in [0.2, 0.25) is 0 Å². The van der Waals surface area contributed by atoms with Gasteiger partial charge in [-0.1, -0.05) is 31.2 Å². The van der Waals surface area contributed by atoms with E-state index in [1.165, 1.54) is 17.1 Å². The first-order valence-corrected chi connectivity index (χ1v) is 9.83. The van der Waals surface area contributed by atoms with E-state index in [0.29, 0.717) is 0 Å². The van der Waals surface area contributed by atoms with Crippen molar-refractivity contribution in [2.75, 3.05) is 6.54 Å². The largest absolute Gasteiger partial charge is 0.352 e. The van der Waals surface area contributed by atoms with Crippen LogP contribution in [0.4, 0.5) is 0 Å². The molecule has 4 rings (SSSR count). The van der Waals surface area contributed by atoms with E-state index >= 15 is 0 Å². The lowest BCUT2D eigenvalue weighted by Crippen LogP contribution is -2.31. The van der Waals surface area contributed by atoms with Crippen molar-refractivity contribution >= 4 is 17.3 Å². The lowest BCUT2D eigenvalue weighted by molar-refractivity contribution is 0.308. The Bertz CT molecular complexity index is 920. The third-order valence-corrected chi connectivity index (χ3v) is 5.44. The fourth-order valence-electron chi connectivity index (χ4n) is 3.93. The minimum Gasteiger partial charge on any atom is -0.352 e. The van der Waals surface area contributed by atoms with Gasteiger partial charge in [0.25, 0.3) is 0 Å². The summed E-state index contributed by atoms with van der Waals surface area (Å²) in [7, 11) is 0. The first-order valence-electron chi connectivity index (χ1n) is 9.42. The second-order valence-electron chi connectivity index (χ2n) is 6.89. The summed E-state index contributed by atoms with van der Waals surface area (Å²) in [6.45, 7) is 5.26.